The van der Waals surface area contributed by atoms with E-state index in [0.717, 1.165) is 34.0 Å². The van der Waals surface area contributed by atoms with Crippen molar-refractivity contribution >= 4 is 51.5 Å². The Morgan fingerprint density at radius 2 is 1.82 bits per heavy atom. The van der Waals surface area contributed by atoms with E-state index in [-0.39, 0.29) is 88.7 Å². The zero-order valence-electron chi connectivity index (χ0n) is 29.3. The van der Waals surface area contributed by atoms with Gasteiger partial charge in [-0.1, -0.05) is 30.7 Å². The highest BCUT2D eigenvalue weighted by molar-refractivity contribution is 6.35. The van der Waals surface area contributed by atoms with Gasteiger partial charge in [0.1, 0.15) is 24.2 Å². The van der Waals surface area contributed by atoms with Gasteiger partial charge in [0.05, 0.1) is 41.5 Å². The number of hydrogen-bond donors (Lipinski definition) is 2. The lowest BCUT2D eigenvalue weighted by molar-refractivity contribution is -0.136. The number of aromatic nitrogens is 6. The molecule has 2 N–H and O–H groups in total. The number of benzene rings is 2. The zero-order chi connectivity index (χ0) is 38.8. The first-order chi connectivity index (χ1) is 26.3. The average molecular weight is 778 g/mol. The van der Waals surface area contributed by atoms with Crippen LogP contribution in [0.25, 0.3) is 28.1 Å². The number of nitrogens with one attached hydrogen (secondary N) is 1. The highest BCUT2D eigenvalue weighted by Crippen LogP contribution is 2.42. The first-order valence-corrected chi connectivity index (χ1v) is 17.6. The predicted octanol–water partition coefficient (Wildman–Crippen LogP) is 4.97. The lowest BCUT2D eigenvalue weighted by Gasteiger charge is -2.36. The second-order valence-electron chi connectivity index (χ2n) is 13.1. The van der Waals surface area contributed by atoms with Gasteiger partial charge in [0.2, 0.25) is 11.7 Å². The Hall–Kier alpha value is -6.01. The van der Waals surface area contributed by atoms with Crippen LogP contribution in [0.5, 0.6) is 5.75 Å². The maximum atomic E-state index is 14.4. The molecule has 0 bridgehead atoms. The molecule has 0 saturated carbocycles. The number of aromatic hydroxyl groups is 1. The van der Waals surface area contributed by atoms with Crippen LogP contribution in [0.1, 0.15) is 45.5 Å². The molecule has 2 amide bonds. The number of amides is 2. The van der Waals surface area contributed by atoms with Gasteiger partial charge in [-0.25, -0.2) is 9.97 Å². The molecule has 0 radical (unpaired) electrons. The SMILES string of the molecule is CCc1c(N2CCN(C(=O)c3ncnc(C)c3O)CC2)c(=O)n2nc(-c3ccc4c(c3)COC4)nc2n1CC(=O)Nc1c(Cl)cc(C(F)(F)F)c2ccoc12. The van der Waals surface area contributed by atoms with Gasteiger partial charge in [0.15, 0.2) is 22.9 Å². The largest absolute Gasteiger partial charge is 0.504 e. The van der Waals surface area contributed by atoms with Gasteiger partial charge in [-0.05, 0) is 42.7 Å². The normalized spacial score (nSPS) is 14.6. The van der Waals surface area contributed by atoms with Gasteiger partial charge < -0.3 is 33.9 Å². The molecule has 4 aromatic heterocycles. The Morgan fingerprint density at radius 1 is 1.05 bits per heavy atom. The van der Waals surface area contributed by atoms with Crippen LogP contribution in [0.15, 0.2) is 52.1 Å². The number of anilines is 2. The van der Waals surface area contributed by atoms with Gasteiger partial charge in [0, 0.05) is 37.1 Å². The molecule has 0 spiro atoms. The molecule has 284 valence electrons. The summed E-state index contributed by atoms with van der Waals surface area (Å²) >= 11 is 6.31. The topological polar surface area (TPSA) is 173 Å². The highest BCUT2D eigenvalue weighted by Gasteiger charge is 2.36. The predicted molar refractivity (Wildman–Crippen MR) is 192 cm³/mol. The maximum absolute atomic E-state index is 14.4. The number of carbonyl (C=O) groups is 2. The number of alkyl halides is 3. The van der Waals surface area contributed by atoms with Crippen LogP contribution < -0.4 is 15.8 Å². The monoisotopic (exact) mass is 777 g/mol. The fourth-order valence-electron chi connectivity index (χ4n) is 7.04. The highest BCUT2D eigenvalue weighted by atomic mass is 35.5. The number of rotatable bonds is 7. The summed E-state index contributed by atoms with van der Waals surface area (Å²) < 4.78 is 55.0. The number of fused-ring (bicyclic) bond motifs is 3. The van der Waals surface area contributed by atoms with E-state index in [4.69, 9.17) is 25.7 Å². The Bertz CT molecular complexity index is 2590. The molecule has 15 nitrogen and oxygen atoms in total. The van der Waals surface area contributed by atoms with Crippen molar-refractivity contribution in [2.24, 2.45) is 0 Å². The number of ether oxygens (including phenoxy) is 1. The molecule has 0 atom stereocenters. The molecule has 55 heavy (non-hydrogen) atoms. The Balaban J connectivity index is 1.18. The molecule has 0 unspecified atom stereocenters. The number of piperazine rings is 1. The van der Waals surface area contributed by atoms with E-state index in [0.29, 0.717) is 24.5 Å². The van der Waals surface area contributed by atoms with Crippen molar-refractivity contribution in [3.05, 3.63) is 92.1 Å². The van der Waals surface area contributed by atoms with Crippen LogP contribution in [-0.2, 0) is 41.9 Å². The van der Waals surface area contributed by atoms with Crippen LogP contribution in [0, 0.1) is 6.92 Å². The molecule has 8 rings (SSSR count). The number of carbonyl (C=O) groups excluding carboxylic acids is 2. The number of nitrogens with zero attached hydrogens (tertiary/aromatic N) is 8. The third-order valence-corrected chi connectivity index (χ3v) is 10.1. The van der Waals surface area contributed by atoms with E-state index >= 15 is 0 Å². The summed E-state index contributed by atoms with van der Waals surface area (Å²) in [6.07, 6.45) is -2.20. The summed E-state index contributed by atoms with van der Waals surface area (Å²) in [4.78, 5) is 57.5. The van der Waals surface area contributed by atoms with Crippen LogP contribution >= 0.6 is 11.6 Å². The quantitative estimate of drug-likeness (QED) is 0.224. The van der Waals surface area contributed by atoms with E-state index < -0.39 is 35.7 Å². The van der Waals surface area contributed by atoms with Crippen molar-refractivity contribution in [1.82, 2.24) is 34.0 Å². The number of hydrogen-bond acceptors (Lipinski definition) is 11. The molecule has 1 fully saturated rings. The van der Waals surface area contributed by atoms with Crippen molar-refractivity contribution in [1.29, 1.82) is 0 Å². The third kappa shape index (κ3) is 6.29. The Labute approximate surface area is 313 Å². The van der Waals surface area contributed by atoms with Gasteiger partial charge >= 0.3 is 6.18 Å². The molecule has 0 aliphatic carbocycles. The van der Waals surface area contributed by atoms with Crippen LogP contribution in [0.3, 0.4) is 0 Å². The summed E-state index contributed by atoms with van der Waals surface area (Å²) in [5.41, 5.74) is 1.48. The fourth-order valence-corrected chi connectivity index (χ4v) is 7.28. The minimum atomic E-state index is -4.73. The van der Waals surface area contributed by atoms with Crippen LogP contribution in [0.2, 0.25) is 5.02 Å². The van der Waals surface area contributed by atoms with E-state index in [2.05, 4.69) is 20.4 Å². The van der Waals surface area contributed by atoms with Crippen molar-refractivity contribution in [3.8, 4) is 17.1 Å². The standard InChI is InChI=1S/C36H31ClF3N9O6/c1-3-25-29(46-7-9-47(10-8-46)33(52)28-30(51)18(2)41-17-42-28)34(53)49-35(44-32(45-49)19-4-5-20-15-54-16-21(20)12-19)48(25)14-26(50)43-27-24(37)13-23(36(38,39)40)22-6-11-55-31(22)27/h4-6,11-13,17,51H,3,7-10,14-16H2,1-2H3,(H,43,50). The molecule has 2 aromatic carbocycles. The molecular weight excluding hydrogens is 747 g/mol. The van der Waals surface area contributed by atoms with Crippen molar-refractivity contribution in [3.63, 3.8) is 0 Å². The average Bonchev–Trinajstić information content (AvgIpc) is 3.94. The summed E-state index contributed by atoms with van der Waals surface area (Å²) in [7, 11) is 0. The maximum Gasteiger partial charge on any atom is 0.417 e. The minimum absolute atomic E-state index is 0.0533. The van der Waals surface area contributed by atoms with Gasteiger partial charge in [0.25, 0.3) is 11.5 Å². The number of furan rings is 1. The van der Waals surface area contributed by atoms with E-state index in [9.17, 15) is 32.7 Å². The summed E-state index contributed by atoms with van der Waals surface area (Å²) in [6.45, 7) is 4.57. The minimum Gasteiger partial charge on any atom is -0.504 e. The van der Waals surface area contributed by atoms with Gasteiger partial charge in [-0.3, -0.25) is 14.4 Å². The summed E-state index contributed by atoms with van der Waals surface area (Å²) in [5, 5.41) is 17.0. The van der Waals surface area contributed by atoms with E-state index in [1.165, 1.54) is 15.8 Å². The lowest BCUT2D eigenvalue weighted by Crippen LogP contribution is -2.51. The molecule has 6 heterocycles. The van der Waals surface area contributed by atoms with Gasteiger partial charge in [-0.2, -0.15) is 22.7 Å². The first-order valence-electron chi connectivity index (χ1n) is 17.2. The van der Waals surface area contributed by atoms with Crippen LogP contribution in [-0.4, -0.2) is 77.1 Å². The molecule has 19 heteroatoms. The zero-order valence-corrected chi connectivity index (χ0v) is 30.0. The summed E-state index contributed by atoms with van der Waals surface area (Å²) in [6, 6.07) is 7.48. The van der Waals surface area contributed by atoms with E-state index in [1.807, 2.05) is 18.2 Å². The fraction of sp³-hybridized carbons (Fsp3) is 0.306. The Morgan fingerprint density at radius 3 is 2.56 bits per heavy atom. The smallest absolute Gasteiger partial charge is 0.417 e. The lowest BCUT2D eigenvalue weighted by atomic mass is 10.1. The van der Waals surface area contributed by atoms with Crippen molar-refractivity contribution < 1.29 is 37.0 Å². The molecule has 2 aliphatic heterocycles. The second kappa shape index (κ2) is 13.7. The van der Waals surface area contributed by atoms with E-state index in [1.54, 1.807) is 18.7 Å². The molecular formula is C36H31ClF3N9O6. The van der Waals surface area contributed by atoms with Gasteiger partial charge in [-0.15, -0.1) is 5.10 Å². The third-order valence-electron chi connectivity index (χ3n) is 9.79. The van der Waals surface area contributed by atoms with Crippen molar-refractivity contribution in [2.75, 3.05) is 36.4 Å². The Kier molecular flexibility index (Phi) is 8.96. The number of aryl methyl sites for hydroxylation is 1. The second-order valence-corrected chi connectivity index (χ2v) is 13.5. The van der Waals surface area contributed by atoms with Crippen molar-refractivity contribution in [2.45, 2.75) is 46.2 Å². The number of halogens is 4. The molecule has 1 saturated heterocycles. The van der Waals surface area contributed by atoms with Crippen LogP contribution in [0.4, 0.5) is 24.5 Å². The summed E-state index contributed by atoms with van der Waals surface area (Å²) in [5.74, 6) is -1.22. The molecule has 6 aromatic rings. The first kappa shape index (κ1) is 36.0. The molecule has 2 aliphatic rings.